The minimum absolute atomic E-state index is 0.0448. The van der Waals surface area contributed by atoms with Gasteiger partial charge in [-0.15, -0.1) is 0 Å². The minimum atomic E-state index is -4.48. The maximum atomic E-state index is 12.0. The fraction of sp³-hybridized carbons (Fsp3) is 0.357. The standard InChI is InChI=1S/C14H14F3N3O3S/c15-14(16,17)8-18-12(22)9-1-3-10(4-2-9)19-11(21)7-20-5-6-24-13(20)23/h1-4H,5-8H2,(H,18,22)(H,19,21). The molecule has 1 aromatic rings. The van der Waals surface area contributed by atoms with Gasteiger partial charge in [-0.1, -0.05) is 11.8 Å². The number of amides is 3. The fourth-order valence-electron chi connectivity index (χ4n) is 1.93. The predicted octanol–water partition coefficient (Wildman–Crippen LogP) is 2.09. The van der Waals surface area contributed by atoms with Crippen LogP contribution in [0.1, 0.15) is 10.4 Å². The number of hydrogen-bond acceptors (Lipinski definition) is 4. The van der Waals surface area contributed by atoms with E-state index < -0.39 is 18.6 Å². The first-order valence-corrected chi connectivity index (χ1v) is 7.90. The summed E-state index contributed by atoms with van der Waals surface area (Å²) in [6.45, 7) is -0.971. The van der Waals surface area contributed by atoms with Gasteiger partial charge < -0.3 is 15.5 Å². The highest BCUT2D eigenvalue weighted by Crippen LogP contribution is 2.17. The Bertz CT molecular complexity index is 634. The topological polar surface area (TPSA) is 78.5 Å². The van der Waals surface area contributed by atoms with Crippen LogP contribution in [0.2, 0.25) is 0 Å². The molecule has 0 radical (unpaired) electrons. The summed E-state index contributed by atoms with van der Waals surface area (Å²) < 4.78 is 36.1. The Morgan fingerprint density at radius 3 is 2.42 bits per heavy atom. The van der Waals surface area contributed by atoms with Gasteiger partial charge in [0, 0.05) is 23.5 Å². The molecule has 0 aromatic heterocycles. The number of thioether (sulfide) groups is 1. The Morgan fingerprint density at radius 1 is 1.21 bits per heavy atom. The average Bonchev–Trinajstić information content (AvgIpc) is 2.90. The molecule has 2 rings (SSSR count). The maximum absolute atomic E-state index is 12.0. The van der Waals surface area contributed by atoms with Crippen molar-refractivity contribution in [3.8, 4) is 0 Å². The lowest BCUT2D eigenvalue weighted by atomic mass is 10.2. The third kappa shape index (κ3) is 5.44. The van der Waals surface area contributed by atoms with E-state index in [0.29, 0.717) is 18.0 Å². The van der Waals surface area contributed by atoms with Crippen molar-refractivity contribution in [1.82, 2.24) is 10.2 Å². The van der Waals surface area contributed by atoms with Crippen molar-refractivity contribution in [1.29, 1.82) is 0 Å². The molecule has 0 atom stereocenters. The second-order valence-electron chi connectivity index (χ2n) is 4.96. The van der Waals surface area contributed by atoms with Gasteiger partial charge in [0.2, 0.25) is 5.91 Å². The summed E-state index contributed by atoms with van der Waals surface area (Å²) in [6.07, 6.45) is -4.48. The van der Waals surface area contributed by atoms with Crippen molar-refractivity contribution in [2.75, 3.05) is 30.7 Å². The quantitative estimate of drug-likeness (QED) is 0.842. The summed E-state index contributed by atoms with van der Waals surface area (Å²) in [5.74, 6) is -0.599. The monoisotopic (exact) mass is 361 g/mol. The molecule has 24 heavy (non-hydrogen) atoms. The number of rotatable bonds is 5. The zero-order valence-electron chi connectivity index (χ0n) is 12.4. The highest BCUT2D eigenvalue weighted by molar-refractivity contribution is 8.13. The number of benzene rings is 1. The SMILES string of the molecule is O=C(CN1CCSC1=O)Nc1ccc(C(=O)NCC(F)(F)F)cc1. The van der Waals surface area contributed by atoms with Crippen molar-refractivity contribution in [2.45, 2.75) is 6.18 Å². The number of nitrogens with one attached hydrogen (secondary N) is 2. The number of alkyl halides is 3. The van der Waals surface area contributed by atoms with Crippen molar-refractivity contribution in [2.24, 2.45) is 0 Å². The molecule has 1 heterocycles. The molecule has 2 N–H and O–H groups in total. The Labute approximate surface area is 139 Å². The molecule has 10 heteroatoms. The van der Waals surface area contributed by atoms with Gasteiger partial charge in [-0.3, -0.25) is 14.4 Å². The van der Waals surface area contributed by atoms with Crippen LogP contribution in [0.25, 0.3) is 0 Å². The first-order chi connectivity index (χ1) is 11.2. The summed E-state index contributed by atoms with van der Waals surface area (Å²) >= 11 is 1.15. The number of halogens is 3. The normalized spacial score (nSPS) is 14.6. The van der Waals surface area contributed by atoms with Crippen LogP contribution in [-0.4, -0.2) is 53.5 Å². The van der Waals surface area contributed by atoms with Crippen LogP contribution in [0.4, 0.5) is 23.7 Å². The fourth-order valence-corrected chi connectivity index (χ4v) is 2.76. The van der Waals surface area contributed by atoms with Gasteiger partial charge in [-0.25, -0.2) is 0 Å². The first kappa shape index (κ1) is 18.1. The number of nitrogens with zero attached hydrogens (tertiary/aromatic N) is 1. The van der Waals surface area contributed by atoms with Crippen molar-refractivity contribution < 1.29 is 27.6 Å². The van der Waals surface area contributed by atoms with Gasteiger partial charge in [-0.05, 0) is 24.3 Å². The summed E-state index contributed by atoms with van der Waals surface area (Å²) in [5.41, 5.74) is 0.426. The molecule has 0 saturated carbocycles. The number of hydrogen-bond donors (Lipinski definition) is 2. The molecule has 6 nitrogen and oxygen atoms in total. The Hall–Kier alpha value is -2.23. The maximum Gasteiger partial charge on any atom is 0.405 e. The predicted molar refractivity (Wildman–Crippen MR) is 82.9 cm³/mol. The van der Waals surface area contributed by atoms with Gasteiger partial charge in [-0.2, -0.15) is 13.2 Å². The second kappa shape index (κ2) is 7.56. The van der Waals surface area contributed by atoms with E-state index in [9.17, 15) is 27.6 Å². The lowest BCUT2D eigenvalue weighted by Gasteiger charge is -2.14. The molecule has 3 amide bonds. The summed E-state index contributed by atoms with van der Waals surface area (Å²) in [7, 11) is 0. The average molecular weight is 361 g/mol. The zero-order valence-corrected chi connectivity index (χ0v) is 13.2. The molecular weight excluding hydrogens is 347 g/mol. The van der Waals surface area contributed by atoms with Crippen molar-refractivity contribution >= 4 is 34.5 Å². The van der Waals surface area contributed by atoms with Gasteiger partial charge in [0.25, 0.3) is 11.1 Å². The summed E-state index contributed by atoms with van der Waals surface area (Å²) in [5, 5.41) is 4.16. The van der Waals surface area contributed by atoms with E-state index in [4.69, 9.17) is 0 Å². The Kier molecular flexibility index (Phi) is 5.71. The number of anilines is 1. The number of carbonyl (C=O) groups is 3. The highest BCUT2D eigenvalue weighted by Gasteiger charge is 2.28. The van der Waals surface area contributed by atoms with Crippen molar-refractivity contribution in [3.63, 3.8) is 0 Å². The van der Waals surface area contributed by atoms with Crippen LogP contribution in [0.15, 0.2) is 24.3 Å². The summed E-state index contributed by atoms with van der Waals surface area (Å²) in [4.78, 5) is 36.2. The van der Waals surface area contributed by atoms with Crippen LogP contribution in [-0.2, 0) is 4.79 Å². The van der Waals surface area contributed by atoms with Crippen LogP contribution in [0.5, 0.6) is 0 Å². The first-order valence-electron chi connectivity index (χ1n) is 6.91. The molecule has 1 saturated heterocycles. The lowest BCUT2D eigenvalue weighted by molar-refractivity contribution is -0.123. The molecule has 1 aromatic carbocycles. The zero-order chi connectivity index (χ0) is 17.7. The van der Waals surface area contributed by atoms with Crippen LogP contribution in [0, 0.1) is 0 Å². The van der Waals surface area contributed by atoms with E-state index in [0.717, 1.165) is 11.8 Å². The van der Waals surface area contributed by atoms with Gasteiger partial charge in [0.15, 0.2) is 0 Å². The van der Waals surface area contributed by atoms with E-state index in [1.54, 1.807) is 5.32 Å². The molecule has 130 valence electrons. The van der Waals surface area contributed by atoms with E-state index in [-0.39, 0.29) is 23.3 Å². The molecule has 1 fully saturated rings. The molecule has 1 aliphatic rings. The summed E-state index contributed by atoms with van der Waals surface area (Å²) in [6, 6.07) is 5.41. The lowest BCUT2D eigenvalue weighted by Crippen LogP contribution is -2.34. The van der Waals surface area contributed by atoms with Gasteiger partial charge in [0.1, 0.15) is 13.1 Å². The molecule has 0 bridgehead atoms. The van der Waals surface area contributed by atoms with E-state index >= 15 is 0 Å². The number of carbonyl (C=O) groups excluding carboxylic acids is 3. The molecule has 0 aliphatic carbocycles. The van der Waals surface area contributed by atoms with Gasteiger partial charge in [0.05, 0.1) is 0 Å². The third-order valence-electron chi connectivity index (χ3n) is 3.06. The molecule has 1 aliphatic heterocycles. The molecule has 0 unspecified atom stereocenters. The molecular formula is C14H14F3N3O3S. The smallest absolute Gasteiger partial charge is 0.343 e. The van der Waals surface area contributed by atoms with Crippen molar-refractivity contribution in [3.05, 3.63) is 29.8 Å². The van der Waals surface area contributed by atoms with E-state index in [1.165, 1.54) is 29.2 Å². The van der Waals surface area contributed by atoms with E-state index in [2.05, 4.69) is 5.32 Å². The largest absolute Gasteiger partial charge is 0.405 e. The van der Waals surface area contributed by atoms with Crippen LogP contribution < -0.4 is 10.6 Å². The molecule has 0 spiro atoms. The minimum Gasteiger partial charge on any atom is -0.343 e. The Balaban J connectivity index is 1.86. The third-order valence-corrected chi connectivity index (χ3v) is 3.95. The Morgan fingerprint density at radius 2 is 1.88 bits per heavy atom. The second-order valence-corrected chi connectivity index (χ2v) is 6.01. The highest BCUT2D eigenvalue weighted by atomic mass is 32.2. The van der Waals surface area contributed by atoms with Crippen LogP contribution in [0.3, 0.4) is 0 Å². The van der Waals surface area contributed by atoms with Crippen LogP contribution >= 0.6 is 11.8 Å². The van der Waals surface area contributed by atoms with E-state index in [1.807, 2.05) is 0 Å². The van der Waals surface area contributed by atoms with Gasteiger partial charge >= 0.3 is 6.18 Å².